The molecule has 108 valence electrons. The van der Waals surface area contributed by atoms with Crippen LogP contribution in [0.15, 0.2) is 0 Å². The van der Waals surface area contributed by atoms with Crippen LogP contribution < -0.4 is 5.32 Å². The van der Waals surface area contributed by atoms with E-state index in [1.807, 2.05) is 14.0 Å². The molecule has 0 aliphatic carbocycles. The third-order valence-electron chi connectivity index (χ3n) is 4.46. The van der Waals surface area contributed by atoms with Crippen LogP contribution in [0.4, 0.5) is 0 Å². The van der Waals surface area contributed by atoms with Crippen molar-refractivity contribution in [3.8, 4) is 0 Å². The first-order valence-corrected chi connectivity index (χ1v) is 7.54. The zero-order chi connectivity index (χ0) is 14.0. The van der Waals surface area contributed by atoms with Crippen LogP contribution in [0.5, 0.6) is 0 Å². The van der Waals surface area contributed by atoms with E-state index in [-0.39, 0.29) is 5.54 Å². The van der Waals surface area contributed by atoms with Crippen molar-refractivity contribution < 1.29 is 0 Å². The van der Waals surface area contributed by atoms with Gasteiger partial charge in [0.15, 0.2) is 0 Å². The molecule has 0 radical (unpaired) electrons. The molecule has 1 fully saturated rings. The second kappa shape index (κ2) is 5.81. The maximum absolute atomic E-state index is 6.33. The summed E-state index contributed by atoms with van der Waals surface area (Å²) >= 11 is 6.33. The molecule has 19 heavy (non-hydrogen) atoms. The summed E-state index contributed by atoms with van der Waals surface area (Å²) < 4.78 is 1.77. The standard InChI is InChI=1S/C14H25ClN4/c1-5-14(6-2)10-19(8-7-16-14)9-12-11(3)17-18(4)13(12)15/h16H,5-10H2,1-4H3. The van der Waals surface area contributed by atoms with Gasteiger partial charge in [-0.15, -0.1) is 0 Å². The van der Waals surface area contributed by atoms with Crippen LogP contribution in [0.3, 0.4) is 0 Å². The molecule has 1 aromatic rings. The lowest BCUT2D eigenvalue weighted by molar-refractivity contribution is 0.118. The van der Waals surface area contributed by atoms with E-state index < -0.39 is 0 Å². The Bertz CT molecular complexity index is 437. The number of nitrogens with zero attached hydrogens (tertiary/aromatic N) is 3. The number of hydrogen-bond donors (Lipinski definition) is 1. The molecule has 1 aliphatic rings. The minimum absolute atomic E-state index is 0.265. The van der Waals surface area contributed by atoms with Gasteiger partial charge in [-0.2, -0.15) is 5.10 Å². The topological polar surface area (TPSA) is 33.1 Å². The zero-order valence-electron chi connectivity index (χ0n) is 12.5. The molecule has 1 aromatic heterocycles. The molecule has 0 amide bonds. The minimum Gasteiger partial charge on any atom is -0.309 e. The van der Waals surface area contributed by atoms with E-state index in [4.69, 9.17) is 11.6 Å². The highest BCUT2D eigenvalue weighted by atomic mass is 35.5. The first-order valence-electron chi connectivity index (χ1n) is 7.16. The minimum atomic E-state index is 0.265. The van der Waals surface area contributed by atoms with E-state index >= 15 is 0 Å². The zero-order valence-corrected chi connectivity index (χ0v) is 13.2. The Morgan fingerprint density at radius 3 is 2.58 bits per heavy atom. The van der Waals surface area contributed by atoms with Crippen LogP contribution in [0.1, 0.15) is 37.9 Å². The van der Waals surface area contributed by atoms with Crippen molar-refractivity contribution in [2.75, 3.05) is 19.6 Å². The molecule has 0 unspecified atom stereocenters. The summed E-state index contributed by atoms with van der Waals surface area (Å²) in [4.78, 5) is 2.50. The fraction of sp³-hybridized carbons (Fsp3) is 0.786. The van der Waals surface area contributed by atoms with Gasteiger partial charge in [-0.05, 0) is 19.8 Å². The average molecular weight is 285 g/mol. The maximum Gasteiger partial charge on any atom is 0.131 e. The Balaban J connectivity index is 2.11. The van der Waals surface area contributed by atoms with Gasteiger partial charge in [-0.1, -0.05) is 25.4 Å². The fourth-order valence-electron chi connectivity index (χ4n) is 2.98. The summed E-state index contributed by atoms with van der Waals surface area (Å²) in [6.07, 6.45) is 2.33. The second-order valence-corrected chi connectivity index (χ2v) is 5.96. The number of nitrogens with one attached hydrogen (secondary N) is 1. The summed E-state index contributed by atoms with van der Waals surface area (Å²) in [7, 11) is 1.90. The predicted molar refractivity (Wildman–Crippen MR) is 79.5 cm³/mol. The highest BCUT2D eigenvalue weighted by Gasteiger charge is 2.32. The monoisotopic (exact) mass is 284 g/mol. The third kappa shape index (κ3) is 2.96. The number of halogens is 1. The van der Waals surface area contributed by atoms with Crippen LogP contribution in [0, 0.1) is 6.92 Å². The summed E-state index contributed by atoms with van der Waals surface area (Å²) in [5.41, 5.74) is 2.48. The molecule has 0 aromatic carbocycles. The van der Waals surface area contributed by atoms with Crippen molar-refractivity contribution >= 4 is 11.6 Å². The van der Waals surface area contributed by atoms with Crippen molar-refractivity contribution in [2.24, 2.45) is 7.05 Å². The van der Waals surface area contributed by atoms with E-state index in [0.717, 1.165) is 37.0 Å². The van der Waals surface area contributed by atoms with Crippen molar-refractivity contribution in [2.45, 2.75) is 45.7 Å². The number of hydrogen-bond acceptors (Lipinski definition) is 3. The molecule has 5 heteroatoms. The first-order chi connectivity index (χ1) is 9.01. The number of aryl methyl sites for hydroxylation is 2. The van der Waals surface area contributed by atoms with Crippen LogP contribution in [-0.2, 0) is 13.6 Å². The summed E-state index contributed by atoms with van der Waals surface area (Å²) in [5, 5.41) is 8.85. The molecular weight excluding hydrogens is 260 g/mol. The highest BCUT2D eigenvalue weighted by molar-refractivity contribution is 6.30. The van der Waals surface area contributed by atoms with E-state index in [0.29, 0.717) is 0 Å². The van der Waals surface area contributed by atoms with Gasteiger partial charge in [0.05, 0.1) is 5.69 Å². The van der Waals surface area contributed by atoms with Gasteiger partial charge in [0, 0.05) is 44.3 Å². The van der Waals surface area contributed by atoms with Gasteiger partial charge in [-0.25, -0.2) is 0 Å². The van der Waals surface area contributed by atoms with E-state index in [1.165, 1.54) is 18.4 Å². The Morgan fingerprint density at radius 2 is 2.05 bits per heavy atom. The Hall–Kier alpha value is -0.580. The largest absolute Gasteiger partial charge is 0.309 e. The van der Waals surface area contributed by atoms with Crippen molar-refractivity contribution in [3.63, 3.8) is 0 Å². The molecule has 4 nitrogen and oxygen atoms in total. The van der Waals surface area contributed by atoms with Gasteiger partial charge in [0.2, 0.25) is 0 Å². The highest BCUT2D eigenvalue weighted by Crippen LogP contribution is 2.25. The predicted octanol–water partition coefficient (Wildman–Crippen LogP) is 2.35. The molecule has 2 heterocycles. The van der Waals surface area contributed by atoms with E-state index in [1.54, 1.807) is 4.68 Å². The lowest BCUT2D eigenvalue weighted by Gasteiger charge is -2.43. The van der Waals surface area contributed by atoms with Gasteiger partial charge >= 0.3 is 0 Å². The Labute approximate surface area is 121 Å². The Morgan fingerprint density at radius 1 is 1.37 bits per heavy atom. The molecule has 1 N–H and O–H groups in total. The van der Waals surface area contributed by atoms with Gasteiger partial charge in [-0.3, -0.25) is 9.58 Å². The fourth-order valence-corrected chi connectivity index (χ4v) is 3.21. The van der Waals surface area contributed by atoms with Crippen LogP contribution in [0.25, 0.3) is 0 Å². The van der Waals surface area contributed by atoms with Gasteiger partial charge in [0.25, 0.3) is 0 Å². The average Bonchev–Trinajstić information content (AvgIpc) is 2.65. The normalized spacial score (nSPS) is 19.8. The number of rotatable bonds is 4. The molecule has 1 saturated heterocycles. The lowest BCUT2D eigenvalue weighted by Crippen LogP contribution is -2.59. The van der Waals surface area contributed by atoms with Crippen LogP contribution >= 0.6 is 11.6 Å². The first kappa shape index (κ1) is 14.8. The summed E-state index contributed by atoms with van der Waals surface area (Å²) in [6.45, 7) is 10.7. The van der Waals surface area contributed by atoms with Gasteiger partial charge < -0.3 is 5.32 Å². The van der Waals surface area contributed by atoms with Crippen molar-refractivity contribution in [3.05, 3.63) is 16.4 Å². The van der Waals surface area contributed by atoms with E-state index in [2.05, 4.69) is 29.2 Å². The number of piperazine rings is 1. The molecule has 0 spiro atoms. The molecular formula is C14H25ClN4. The quantitative estimate of drug-likeness (QED) is 0.921. The second-order valence-electron chi connectivity index (χ2n) is 5.60. The third-order valence-corrected chi connectivity index (χ3v) is 4.93. The number of aromatic nitrogens is 2. The molecule has 0 bridgehead atoms. The molecule has 1 aliphatic heterocycles. The Kier molecular flexibility index (Phi) is 4.54. The van der Waals surface area contributed by atoms with E-state index in [9.17, 15) is 0 Å². The SMILES string of the molecule is CCC1(CC)CN(Cc2c(C)nn(C)c2Cl)CCN1. The van der Waals surface area contributed by atoms with Crippen molar-refractivity contribution in [1.29, 1.82) is 0 Å². The van der Waals surface area contributed by atoms with Gasteiger partial charge in [0.1, 0.15) is 5.15 Å². The summed E-state index contributed by atoms with van der Waals surface area (Å²) in [5.74, 6) is 0. The smallest absolute Gasteiger partial charge is 0.131 e. The molecule has 0 saturated carbocycles. The molecule has 2 rings (SSSR count). The maximum atomic E-state index is 6.33. The molecule has 0 atom stereocenters. The van der Waals surface area contributed by atoms with Crippen LogP contribution in [0.2, 0.25) is 5.15 Å². The van der Waals surface area contributed by atoms with Crippen molar-refractivity contribution in [1.82, 2.24) is 20.0 Å². The lowest BCUT2D eigenvalue weighted by atomic mass is 9.90. The van der Waals surface area contributed by atoms with Crippen LogP contribution in [-0.4, -0.2) is 39.9 Å². The summed E-state index contributed by atoms with van der Waals surface area (Å²) in [6, 6.07) is 0.